The highest BCUT2D eigenvalue weighted by Gasteiger charge is 2.34. The number of carbonyl (C=O) groups excluding carboxylic acids is 1. The van der Waals surface area contributed by atoms with Crippen molar-refractivity contribution in [2.45, 2.75) is 26.1 Å². The monoisotopic (exact) mass is 337 g/mol. The molecule has 2 atom stereocenters. The van der Waals surface area contributed by atoms with Gasteiger partial charge in [0.1, 0.15) is 5.58 Å². The van der Waals surface area contributed by atoms with E-state index in [1.807, 2.05) is 0 Å². The second kappa shape index (κ2) is 5.86. The molecular formula is C16H16ClNO5. The molecular weight excluding hydrogens is 322 g/mol. The first-order chi connectivity index (χ1) is 10.9. The van der Waals surface area contributed by atoms with Crippen molar-refractivity contribution < 1.29 is 23.8 Å². The van der Waals surface area contributed by atoms with Crippen molar-refractivity contribution in [3.05, 3.63) is 34.5 Å². The van der Waals surface area contributed by atoms with E-state index in [2.05, 4.69) is 0 Å². The molecule has 1 N–H and O–H groups in total. The van der Waals surface area contributed by atoms with Crippen LogP contribution in [-0.4, -0.2) is 47.2 Å². The van der Waals surface area contributed by atoms with Gasteiger partial charge >= 0.3 is 5.97 Å². The minimum absolute atomic E-state index is 0.00422. The minimum atomic E-state index is -1.08. The number of benzene rings is 1. The van der Waals surface area contributed by atoms with Crippen molar-refractivity contribution >= 4 is 34.4 Å². The summed E-state index contributed by atoms with van der Waals surface area (Å²) in [6, 6.07) is 5.15. The van der Waals surface area contributed by atoms with Crippen LogP contribution >= 0.6 is 11.6 Å². The predicted molar refractivity (Wildman–Crippen MR) is 83.8 cm³/mol. The van der Waals surface area contributed by atoms with Gasteiger partial charge in [0, 0.05) is 22.5 Å². The van der Waals surface area contributed by atoms with Crippen LogP contribution in [0.1, 0.15) is 23.0 Å². The smallest absolute Gasteiger partial charge is 0.334 e. The summed E-state index contributed by atoms with van der Waals surface area (Å²) >= 11 is 5.98. The first kappa shape index (κ1) is 15.8. The molecule has 1 unspecified atom stereocenters. The first-order valence-corrected chi connectivity index (χ1v) is 7.61. The summed E-state index contributed by atoms with van der Waals surface area (Å²) in [6.45, 7) is 3.84. The van der Waals surface area contributed by atoms with Gasteiger partial charge in [-0.2, -0.15) is 0 Å². The summed E-state index contributed by atoms with van der Waals surface area (Å²) < 4.78 is 11.0. The number of fused-ring (bicyclic) bond motifs is 1. The Labute approximate surface area is 137 Å². The van der Waals surface area contributed by atoms with Gasteiger partial charge in [-0.1, -0.05) is 11.6 Å². The number of aliphatic carboxylic acids is 1. The molecule has 7 heteroatoms. The highest BCUT2D eigenvalue weighted by Crippen LogP contribution is 2.29. The largest absolute Gasteiger partial charge is 0.479 e. The van der Waals surface area contributed by atoms with E-state index < -0.39 is 12.1 Å². The van der Waals surface area contributed by atoms with Crippen LogP contribution in [0.15, 0.2) is 22.6 Å². The van der Waals surface area contributed by atoms with Crippen LogP contribution in [0.4, 0.5) is 0 Å². The fraction of sp³-hybridized carbons (Fsp3) is 0.375. The van der Waals surface area contributed by atoms with Crippen molar-refractivity contribution in [3.63, 3.8) is 0 Å². The zero-order valence-corrected chi connectivity index (χ0v) is 13.5. The summed E-state index contributed by atoms with van der Waals surface area (Å²) in [6.07, 6.45) is -1.38. The fourth-order valence-electron chi connectivity index (χ4n) is 2.79. The van der Waals surface area contributed by atoms with Gasteiger partial charge in [0.15, 0.2) is 11.9 Å². The number of halogens is 1. The van der Waals surface area contributed by atoms with Gasteiger partial charge in [0.25, 0.3) is 5.91 Å². The van der Waals surface area contributed by atoms with Crippen LogP contribution in [0.5, 0.6) is 0 Å². The second-order valence-corrected chi connectivity index (χ2v) is 6.12. The van der Waals surface area contributed by atoms with Crippen molar-refractivity contribution in [1.29, 1.82) is 0 Å². The molecule has 0 radical (unpaired) electrons. The average molecular weight is 338 g/mol. The molecule has 2 heterocycles. The molecule has 1 aromatic carbocycles. The summed E-state index contributed by atoms with van der Waals surface area (Å²) in [4.78, 5) is 25.3. The number of nitrogens with zero attached hydrogens (tertiary/aromatic N) is 1. The molecule has 122 valence electrons. The predicted octanol–water partition coefficient (Wildman–Crippen LogP) is 2.71. The van der Waals surface area contributed by atoms with E-state index in [9.17, 15) is 9.59 Å². The number of furan rings is 1. The maximum absolute atomic E-state index is 12.7. The van der Waals surface area contributed by atoms with E-state index in [1.54, 1.807) is 32.0 Å². The topological polar surface area (TPSA) is 80.0 Å². The van der Waals surface area contributed by atoms with Crippen LogP contribution in [0, 0.1) is 6.92 Å². The van der Waals surface area contributed by atoms with Gasteiger partial charge < -0.3 is 19.2 Å². The Bertz CT molecular complexity index is 784. The number of carbonyl (C=O) groups is 2. The van der Waals surface area contributed by atoms with Crippen molar-refractivity contribution in [3.8, 4) is 0 Å². The number of ether oxygens (including phenoxy) is 1. The molecule has 2 aromatic rings. The number of aryl methyl sites for hydroxylation is 1. The molecule has 3 rings (SSSR count). The van der Waals surface area contributed by atoms with Crippen LogP contribution in [0.3, 0.4) is 0 Å². The molecule has 1 aromatic heterocycles. The van der Waals surface area contributed by atoms with Gasteiger partial charge in [-0.3, -0.25) is 4.79 Å². The Kier molecular flexibility index (Phi) is 4.04. The van der Waals surface area contributed by atoms with Crippen molar-refractivity contribution in [1.82, 2.24) is 4.90 Å². The molecule has 0 bridgehead atoms. The third-order valence-electron chi connectivity index (χ3n) is 3.92. The Balaban J connectivity index is 1.93. The highest BCUT2D eigenvalue weighted by atomic mass is 35.5. The van der Waals surface area contributed by atoms with E-state index in [0.717, 1.165) is 5.39 Å². The van der Waals surface area contributed by atoms with Gasteiger partial charge in [-0.25, -0.2) is 4.79 Å². The molecule has 1 aliphatic heterocycles. The lowest BCUT2D eigenvalue weighted by Gasteiger charge is -2.34. The molecule has 1 fully saturated rings. The number of rotatable bonds is 2. The maximum atomic E-state index is 12.7. The van der Waals surface area contributed by atoms with Crippen LogP contribution in [0.2, 0.25) is 5.02 Å². The summed E-state index contributed by atoms with van der Waals surface area (Å²) in [7, 11) is 0. The number of hydrogen-bond acceptors (Lipinski definition) is 4. The summed E-state index contributed by atoms with van der Waals surface area (Å²) in [5.74, 6) is -1.21. The quantitative estimate of drug-likeness (QED) is 0.911. The molecule has 0 saturated carbocycles. The summed E-state index contributed by atoms with van der Waals surface area (Å²) in [5.41, 5.74) is 1.27. The van der Waals surface area contributed by atoms with Gasteiger partial charge in [-0.15, -0.1) is 0 Å². The van der Waals surface area contributed by atoms with Gasteiger partial charge in [0.05, 0.1) is 12.6 Å². The number of morpholine rings is 1. The maximum Gasteiger partial charge on any atom is 0.334 e. The number of carboxylic acids is 1. The average Bonchev–Trinajstić information content (AvgIpc) is 2.82. The van der Waals surface area contributed by atoms with E-state index in [4.69, 9.17) is 25.9 Å². The Morgan fingerprint density at radius 1 is 1.35 bits per heavy atom. The third-order valence-corrected chi connectivity index (χ3v) is 4.15. The van der Waals surface area contributed by atoms with Crippen LogP contribution < -0.4 is 0 Å². The minimum Gasteiger partial charge on any atom is -0.479 e. The van der Waals surface area contributed by atoms with Gasteiger partial charge in [-0.05, 0) is 32.0 Å². The second-order valence-electron chi connectivity index (χ2n) is 5.68. The SMILES string of the molecule is Cc1c(C(=O)N2CC(C(=O)O)O[C@H](C)C2)oc2ccc(Cl)cc12. The lowest BCUT2D eigenvalue weighted by molar-refractivity contribution is -0.160. The van der Waals surface area contributed by atoms with E-state index >= 15 is 0 Å². The Morgan fingerprint density at radius 2 is 2.09 bits per heavy atom. The molecule has 1 saturated heterocycles. The van der Waals surface area contributed by atoms with Crippen LogP contribution in [0.25, 0.3) is 11.0 Å². The van der Waals surface area contributed by atoms with Crippen molar-refractivity contribution in [2.24, 2.45) is 0 Å². The standard InChI is InChI=1S/C16H16ClNO5/c1-8-6-18(7-13(22-8)16(20)21)15(19)14-9(2)11-5-10(17)3-4-12(11)23-14/h3-5,8,13H,6-7H2,1-2H3,(H,20,21)/t8-,13?/m1/s1. The van der Waals surface area contributed by atoms with Crippen LogP contribution in [-0.2, 0) is 9.53 Å². The molecule has 6 nitrogen and oxygen atoms in total. The fourth-order valence-corrected chi connectivity index (χ4v) is 2.97. The zero-order chi connectivity index (χ0) is 16.7. The molecule has 1 aliphatic rings. The number of amides is 1. The van der Waals surface area contributed by atoms with Crippen molar-refractivity contribution in [2.75, 3.05) is 13.1 Å². The lowest BCUT2D eigenvalue weighted by atomic mass is 10.1. The highest BCUT2D eigenvalue weighted by molar-refractivity contribution is 6.31. The van der Waals surface area contributed by atoms with E-state index in [-0.39, 0.29) is 24.3 Å². The zero-order valence-electron chi connectivity index (χ0n) is 12.7. The van der Waals surface area contributed by atoms with E-state index in [0.29, 0.717) is 22.7 Å². The molecule has 1 amide bonds. The molecule has 0 aliphatic carbocycles. The Morgan fingerprint density at radius 3 is 2.78 bits per heavy atom. The van der Waals surface area contributed by atoms with E-state index in [1.165, 1.54) is 4.90 Å². The third kappa shape index (κ3) is 2.92. The first-order valence-electron chi connectivity index (χ1n) is 7.23. The normalized spacial score (nSPS) is 21.6. The number of carboxylic acid groups (broad SMARTS) is 1. The number of hydrogen-bond donors (Lipinski definition) is 1. The molecule has 23 heavy (non-hydrogen) atoms. The lowest BCUT2D eigenvalue weighted by Crippen LogP contribution is -2.51. The summed E-state index contributed by atoms with van der Waals surface area (Å²) in [5, 5.41) is 10.5. The Hall–Kier alpha value is -2.05. The molecule has 0 spiro atoms. The van der Waals surface area contributed by atoms with Gasteiger partial charge in [0.2, 0.25) is 0 Å².